The molecule has 3 heterocycles. The van der Waals surface area contributed by atoms with E-state index in [1.54, 1.807) is 12.1 Å². The molecule has 1 atom stereocenters. The summed E-state index contributed by atoms with van der Waals surface area (Å²) in [6.07, 6.45) is -5.29. The highest BCUT2D eigenvalue weighted by atomic mass is 35.5. The first-order chi connectivity index (χ1) is 15.1. The number of aromatic nitrogens is 1. The highest BCUT2D eigenvalue weighted by Crippen LogP contribution is 2.45. The van der Waals surface area contributed by atoms with Crippen LogP contribution in [0.3, 0.4) is 0 Å². The van der Waals surface area contributed by atoms with Crippen LogP contribution in [-0.4, -0.2) is 49.0 Å². The van der Waals surface area contributed by atoms with Gasteiger partial charge in [-0.1, -0.05) is 0 Å². The number of nitrogens with zero attached hydrogens (tertiary/aromatic N) is 4. The van der Waals surface area contributed by atoms with E-state index in [2.05, 4.69) is 15.4 Å². The Morgan fingerprint density at radius 3 is 2.30 bits per heavy atom. The molecule has 1 unspecified atom stereocenters. The minimum atomic E-state index is -5.87. The minimum Gasteiger partial charge on any atom is -0.369 e. The van der Waals surface area contributed by atoms with Crippen molar-refractivity contribution in [2.75, 3.05) is 36.1 Å². The molecule has 1 N–H and O–H groups in total. The summed E-state index contributed by atoms with van der Waals surface area (Å²) in [6.45, 7) is 2.77. The first-order valence-electron chi connectivity index (χ1n) is 9.76. The third kappa shape index (κ3) is 4.86. The molecule has 2 aromatic rings. The Hall–Kier alpha value is -2.60. The summed E-state index contributed by atoms with van der Waals surface area (Å²) in [5.41, 5.74) is -1.06. The first kappa shape index (κ1) is 25.0. The fraction of sp³-hybridized carbons (Fsp3) is 0.400. The lowest BCUT2D eigenvalue weighted by Crippen LogP contribution is -2.43. The second-order valence-corrected chi connectivity index (χ2v) is 7.46. The molecule has 1 fully saturated rings. The van der Waals surface area contributed by atoms with E-state index in [4.69, 9.17) is 0 Å². The molecule has 180 valence electrons. The van der Waals surface area contributed by atoms with Gasteiger partial charge < -0.3 is 10.2 Å². The standard InChI is InChI=1S/C20H18F7N5.ClH/c21-12-1-2-16(14(22)9-12)32-17(11-18(30-32)19(23,24)20(25,26)27)15-10-13(3-4-29-15)31-7-5-28-6-8-31;/h1-4,9-10,17,28H,5-8,11H2;1H. The molecule has 2 aliphatic heterocycles. The number of rotatable bonds is 4. The quantitative estimate of drug-likeness (QED) is 0.622. The molecule has 1 aromatic carbocycles. The van der Waals surface area contributed by atoms with Gasteiger partial charge in [0.2, 0.25) is 0 Å². The Labute approximate surface area is 190 Å². The Bertz CT molecular complexity index is 1020. The van der Waals surface area contributed by atoms with E-state index in [0.29, 0.717) is 29.9 Å². The molecular weight excluding hydrogens is 479 g/mol. The van der Waals surface area contributed by atoms with E-state index < -0.39 is 47.6 Å². The zero-order valence-electron chi connectivity index (χ0n) is 16.9. The number of nitrogens with one attached hydrogen (secondary N) is 1. The van der Waals surface area contributed by atoms with Gasteiger partial charge in [-0.05, 0) is 24.3 Å². The molecule has 0 bridgehead atoms. The minimum absolute atomic E-state index is 0. The summed E-state index contributed by atoms with van der Waals surface area (Å²) in [5.74, 6) is -7.29. The molecule has 0 radical (unpaired) electrons. The predicted molar refractivity (Wildman–Crippen MR) is 111 cm³/mol. The monoisotopic (exact) mass is 497 g/mol. The molecule has 5 nitrogen and oxygen atoms in total. The molecule has 0 saturated carbocycles. The number of alkyl halides is 5. The van der Waals surface area contributed by atoms with Gasteiger partial charge in [-0.25, -0.2) is 8.78 Å². The lowest BCUT2D eigenvalue weighted by Gasteiger charge is -2.30. The Balaban J connectivity index is 0.00000306. The predicted octanol–water partition coefficient (Wildman–Crippen LogP) is 4.70. The maximum absolute atomic E-state index is 14.4. The fourth-order valence-electron chi connectivity index (χ4n) is 3.72. The molecule has 4 rings (SSSR count). The SMILES string of the molecule is Cl.Fc1ccc(N2N=C(C(F)(F)C(F)(F)F)CC2c2cc(N3CCNCC3)ccn2)c(F)c1. The smallest absolute Gasteiger partial charge is 0.369 e. The van der Waals surface area contributed by atoms with Crippen LogP contribution in [0.2, 0.25) is 0 Å². The second kappa shape index (κ2) is 9.34. The number of halogens is 8. The Morgan fingerprint density at radius 2 is 1.67 bits per heavy atom. The zero-order chi connectivity index (χ0) is 23.1. The number of pyridine rings is 1. The van der Waals surface area contributed by atoms with Crippen LogP contribution in [0.1, 0.15) is 18.2 Å². The van der Waals surface area contributed by atoms with Crippen molar-refractivity contribution < 1.29 is 30.7 Å². The van der Waals surface area contributed by atoms with Crippen molar-refractivity contribution in [1.29, 1.82) is 0 Å². The lowest BCUT2D eigenvalue weighted by atomic mass is 10.0. The third-order valence-corrected chi connectivity index (χ3v) is 5.37. The molecule has 1 aromatic heterocycles. The van der Waals surface area contributed by atoms with Crippen LogP contribution in [0.5, 0.6) is 0 Å². The van der Waals surface area contributed by atoms with Crippen molar-refractivity contribution in [3.05, 3.63) is 53.9 Å². The maximum Gasteiger partial charge on any atom is 0.459 e. The van der Waals surface area contributed by atoms with Crippen LogP contribution >= 0.6 is 12.4 Å². The van der Waals surface area contributed by atoms with Crippen LogP contribution < -0.4 is 15.2 Å². The molecule has 33 heavy (non-hydrogen) atoms. The van der Waals surface area contributed by atoms with Crippen LogP contribution in [0.4, 0.5) is 42.1 Å². The van der Waals surface area contributed by atoms with E-state index in [1.165, 1.54) is 6.20 Å². The Morgan fingerprint density at radius 1 is 0.970 bits per heavy atom. The lowest BCUT2D eigenvalue weighted by molar-refractivity contribution is -0.249. The number of hydrazone groups is 1. The van der Waals surface area contributed by atoms with Gasteiger partial charge in [0.25, 0.3) is 0 Å². The molecule has 0 amide bonds. The molecule has 13 heteroatoms. The van der Waals surface area contributed by atoms with Crippen molar-refractivity contribution in [1.82, 2.24) is 10.3 Å². The molecule has 0 spiro atoms. The topological polar surface area (TPSA) is 43.8 Å². The summed E-state index contributed by atoms with van der Waals surface area (Å²) >= 11 is 0. The molecule has 1 saturated heterocycles. The number of hydrogen-bond donors (Lipinski definition) is 1. The fourth-order valence-corrected chi connectivity index (χ4v) is 3.72. The van der Waals surface area contributed by atoms with E-state index in [0.717, 1.165) is 25.2 Å². The average molecular weight is 498 g/mol. The van der Waals surface area contributed by atoms with Crippen molar-refractivity contribution in [2.45, 2.75) is 24.6 Å². The summed E-state index contributed by atoms with van der Waals surface area (Å²) in [7, 11) is 0. The number of piperazine rings is 1. The van der Waals surface area contributed by atoms with Crippen molar-refractivity contribution in [3.63, 3.8) is 0 Å². The van der Waals surface area contributed by atoms with E-state index in [1.807, 2.05) is 4.90 Å². The van der Waals surface area contributed by atoms with Gasteiger partial charge in [0.1, 0.15) is 17.6 Å². The summed E-state index contributed by atoms with van der Waals surface area (Å²) in [6, 6.07) is 4.34. The normalized spacial score (nSPS) is 19.4. The van der Waals surface area contributed by atoms with Crippen LogP contribution in [0.15, 0.2) is 41.6 Å². The summed E-state index contributed by atoms with van der Waals surface area (Å²) < 4.78 is 94.9. The molecular formula is C20H19ClF7N5. The van der Waals surface area contributed by atoms with Crippen LogP contribution in [0, 0.1) is 11.6 Å². The van der Waals surface area contributed by atoms with Gasteiger partial charge in [-0.2, -0.15) is 27.1 Å². The highest BCUT2D eigenvalue weighted by Gasteiger charge is 2.63. The van der Waals surface area contributed by atoms with Gasteiger partial charge in [0.15, 0.2) is 5.82 Å². The number of hydrogen-bond acceptors (Lipinski definition) is 5. The van der Waals surface area contributed by atoms with Gasteiger partial charge in [0.05, 0.1) is 11.4 Å². The Kier molecular flexibility index (Phi) is 7.08. The van der Waals surface area contributed by atoms with Crippen molar-refractivity contribution in [2.24, 2.45) is 5.10 Å². The van der Waals surface area contributed by atoms with Gasteiger partial charge in [-0.15, -0.1) is 12.4 Å². The van der Waals surface area contributed by atoms with Gasteiger partial charge >= 0.3 is 12.1 Å². The van der Waals surface area contributed by atoms with Gasteiger partial charge in [-0.3, -0.25) is 9.99 Å². The van der Waals surface area contributed by atoms with Crippen LogP contribution in [-0.2, 0) is 0 Å². The number of anilines is 2. The third-order valence-electron chi connectivity index (χ3n) is 5.37. The molecule has 2 aliphatic rings. The number of benzene rings is 1. The van der Waals surface area contributed by atoms with Gasteiger partial charge in [0, 0.05) is 50.6 Å². The largest absolute Gasteiger partial charge is 0.459 e. The van der Waals surface area contributed by atoms with E-state index >= 15 is 0 Å². The average Bonchev–Trinajstić information content (AvgIpc) is 3.19. The van der Waals surface area contributed by atoms with E-state index in [-0.39, 0.29) is 18.1 Å². The highest BCUT2D eigenvalue weighted by molar-refractivity contribution is 5.95. The zero-order valence-corrected chi connectivity index (χ0v) is 17.7. The van der Waals surface area contributed by atoms with Crippen molar-refractivity contribution >= 4 is 29.5 Å². The first-order valence-corrected chi connectivity index (χ1v) is 9.76. The maximum atomic E-state index is 14.4. The van der Waals surface area contributed by atoms with Crippen molar-refractivity contribution in [3.8, 4) is 0 Å². The summed E-state index contributed by atoms with van der Waals surface area (Å²) in [4.78, 5) is 6.14. The van der Waals surface area contributed by atoms with Crippen LogP contribution in [0.25, 0.3) is 0 Å². The second-order valence-electron chi connectivity index (χ2n) is 7.46. The van der Waals surface area contributed by atoms with E-state index in [9.17, 15) is 30.7 Å². The summed E-state index contributed by atoms with van der Waals surface area (Å²) in [5, 5.41) is 7.34. The molecule has 0 aliphatic carbocycles.